The predicted molar refractivity (Wildman–Crippen MR) is 68.3 cm³/mol. The van der Waals surface area contributed by atoms with Crippen molar-refractivity contribution < 1.29 is 18.9 Å². The van der Waals surface area contributed by atoms with Crippen molar-refractivity contribution in [3.63, 3.8) is 0 Å². The molecular formula is C16H25Li. The minimum atomic E-state index is 0. The van der Waals surface area contributed by atoms with Crippen LogP contribution in [0.3, 0.4) is 0 Å². The molecule has 2 saturated carbocycles. The second-order valence-electron chi connectivity index (χ2n) is 6.54. The zero-order valence-electron chi connectivity index (χ0n) is 11.9. The Morgan fingerprint density at radius 3 is 1.88 bits per heavy atom. The van der Waals surface area contributed by atoms with E-state index in [4.69, 9.17) is 6.42 Å². The molecule has 2 rings (SSSR count). The number of rotatable bonds is 1. The standard InChI is InChI=1S/C16H25.Li/c1-4-16(3)11-9-15(10-12-16)14-7-5-13(2)6-8-14;/h13-15H,5-12H2,2-3H3;/q-1;+1. The van der Waals surface area contributed by atoms with E-state index in [1.165, 1.54) is 51.4 Å². The van der Waals surface area contributed by atoms with Gasteiger partial charge in [0.15, 0.2) is 0 Å². The van der Waals surface area contributed by atoms with Crippen molar-refractivity contribution in [2.75, 3.05) is 0 Å². The third-order valence-electron chi connectivity index (χ3n) is 5.16. The molecule has 2 aliphatic carbocycles. The summed E-state index contributed by atoms with van der Waals surface area (Å²) in [6, 6.07) is 0. The van der Waals surface area contributed by atoms with Crippen molar-refractivity contribution in [3.8, 4) is 5.92 Å². The Kier molecular flexibility index (Phi) is 5.69. The van der Waals surface area contributed by atoms with Crippen LogP contribution in [0.25, 0.3) is 0 Å². The summed E-state index contributed by atoms with van der Waals surface area (Å²) in [5, 5.41) is 0. The molecule has 90 valence electrons. The molecule has 0 aliphatic heterocycles. The number of hydrogen-bond acceptors (Lipinski definition) is 0. The molecule has 1 heteroatoms. The molecule has 0 saturated heterocycles. The van der Waals surface area contributed by atoms with Crippen LogP contribution in [-0.4, -0.2) is 0 Å². The van der Waals surface area contributed by atoms with Gasteiger partial charge in [0, 0.05) is 0 Å². The van der Waals surface area contributed by atoms with Crippen LogP contribution in [0, 0.1) is 35.5 Å². The second kappa shape index (κ2) is 6.36. The molecule has 0 heterocycles. The molecule has 0 aromatic heterocycles. The van der Waals surface area contributed by atoms with Crippen molar-refractivity contribution in [1.82, 2.24) is 0 Å². The molecule has 0 atom stereocenters. The van der Waals surface area contributed by atoms with Crippen LogP contribution >= 0.6 is 0 Å². The van der Waals surface area contributed by atoms with E-state index in [1.54, 1.807) is 0 Å². The van der Waals surface area contributed by atoms with Crippen LogP contribution in [0.2, 0.25) is 0 Å². The van der Waals surface area contributed by atoms with Gasteiger partial charge < -0.3 is 12.3 Å². The molecule has 0 amide bonds. The van der Waals surface area contributed by atoms with E-state index >= 15 is 0 Å². The first kappa shape index (κ1) is 15.2. The van der Waals surface area contributed by atoms with Gasteiger partial charge in [0.1, 0.15) is 0 Å². The Balaban J connectivity index is 0.00000144. The van der Waals surface area contributed by atoms with E-state index in [-0.39, 0.29) is 24.3 Å². The average molecular weight is 224 g/mol. The molecular weight excluding hydrogens is 199 g/mol. The summed E-state index contributed by atoms with van der Waals surface area (Å²) < 4.78 is 0. The summed E-state index contributed by atoms with van der Waals surface area (Å²) >= 11 is 0. The van der Waals surface area contributed by atoms with Crippen LogP contribution in [0.5, 0.6) is 0 Å². The molecule has 2 aliphatic rings. The fourth-order valence-electron chi connectivity index (χ4n) is 3.63. The summed E-state index contributed by atoms with van der Waals surface area (Å²) in [6.07, 6.45) is 18.3. The maximum absolute atomic E-state index is 7.38. The molecule has 0 unspecified atom stereocenters. The van der Waals surface area contributed by atoms with Gasteiger partial charge >= 0.3 is 18.9 Å². The molecule has 0 N–H and O–H groups in total. The van der Waals surface area contributed by atoms with Crippen molar-refractivity contribution in [2.45, 2.75) is 65.2 Å². The summed E-state index contributed by atoms with van der Waals surface area (Å²) in [4.78, 5) is 0. The summed E-state index contributed by atoms with van der Waals surface area (Å²) in [5.41, 5.74) is 0.110. The first-order valence-corrected chi connectivity index (χ1v) is 7.07. The van der Waals surface area contributed by atoms with Crippen LogP contribution in [0.15, 0.2) is 0 Å². The monoisotopic (exact) mass is 224 g/mol. The average Bonchev–Trinajstić information content (AvgIpc) is 2.32. The first-order chi connectivity index (χ1) is 7.63. The Bertz CT molecular complexity index is 260. The third kappa shape index (κ3) is 3.81. The topological polar surface area (TPSA) is 0 Å². The van der Waals surface area contributed by atoms with Crippen molar-refractivity contribution in [1.29, 1.82) is 0 Å². The van der Waals surface area contributed by atoms with Gasteiger partial charge in [0.2, 0.25) is 0 Å². The SMILES string of the molecule is [C-]#CC1(C)CCC(C2CCC(C)CC2)CC1.[Li+]. The van der Waals surface area contributed by atoms with Gasteiger partial charge in [-0.1, -0.05) is 26.7 Å². The van der Waals surface area contributed by atoms with Gasteiger partial charge in [-0.05, 0) is 61.7 Å². The molecule has 0 aromatic rings. The zero-order valence-corrected chi connectivity index (χ0v) is 11.9. The van der Waals surface area contributed by atoms with E-state index in [9.17, 15) is 0 Å². The maximum atomic E-state index is 7.38. The Morgan fingerprint density at radius 2 is 1.41 bits per heavy atom. The van der Waals surface area contributed by atoms with E-state index in [0.717, 1.165) is 17.8 Å². The van der Waals surface area contributed by atoms with E-state index in [1.807, 2.05) is 0 Å². The first-order valence-electron chi connectivity index (χ1n) is 7.07. The zero-order chi connectivity index (χ0) is 11.6. The van der Waals surface area contributed by atoms with Crippen LogP contribution < -0.4 is 18.9 Å². The summed E-state index contributed by atoms with van der Waals surface area (Å²) in [7, 11) is 0. The van der Waals surface area contributed by atoms with Crippen molar-refractivity contribution >= 4 is 0 Å². The van der Waals surface area contributed by atoms with Gasteiger partial charge in [-0.15, -0.1) is 0 Å². The molecule has 0 bridgehead atoms. The van der Waals surface area contributed by atoms with Crippen LogP contribution in [0.1, 0.15) is 65.2 Å². The summed E-state index contributed by atoms with van der Waals surface area (Å²) in [5.74, 6) is 5.71. The Labute approximate surface area is 119 Å². The van der Waals surface area contributed by atoms with Gasteiger partial charge in [0.25, 0.3) is 0 Å². The van der Waals surface area contributed by atoms with Crippen LogP contribution in [0.4, 0.5) is 0 Å². The fraction of sp³-hybridized carbons (Fsp3) is 0.875. The van der Waals surface area contributed by atoms with Gasteiger partial charge in [0.05, 0.1) is 0 Å². The van der Waals surface area contributed by atoms with Gasteiger partial charge in [-0.25, -0.2) is 0 Å². The molecule has 0 spiro atoms. The van der Waals surface area contributed by atoms with Crippen molar-refractivity contribution in [2.24, 2.45) is 23.2 Å². The largest absolute Gasteiger partial charge is 1.00 e. The molecule has 0 aromatic carbocycles. The van der Waals surface area contributed by atoms with E-state index < -0.39 is 0 Å². The fourth-order valence-corrected chi connectivity index (χ4v) is 3.63. The maximum Gasteiger partial charge on any atom is 1.00 e. The van der Waals surface area contributed by atoms with Crippen molar-refractivity contribution in [3.05, 3.63) is 6.42 Å². The quantitative estimate of drug-likeness (QED) is 0.360. The van der Waals surface area contributed by atoms with Gasteiger partial charge in [-0.3, -0.25) is 0 Å². The van der Waals surface area contributed by atoms with E-state index in [0.29, 0.717) is 0 Å². The predicted octanol–water partition coefficient (Wildman–Crippen LogP) is 1.60. The molecule has 17 heavy (non-hydrogen) atoms. The minimum Gasteiger partial charge on any atom is -0.693 e. The minimum absolute atomic E-state index is 0. The Morgan fingerprint density at radius 1 is 0.941 bits per heavy atom. The smallest absolute Gasteiger partial charge is 0.693 e. The van der Waals surface area contributed by atoms with E-state index in [2.05, 4.69) is 19.8 Å². The number of hydrogen-bond donors (Lipinski definition) is 0. The Hall–Kier alpha value is 0.157. The van der Waals surface area contributed by atoms with Gasteiger partial charge in [-0.2, -0.15) is 0 Å². The normalized spacial score (nSPS) is 42.3. The molecule has 2 fully saturated rings. The molecule has 0 radical (unpaired) electrons. The second-order valence-corrected chi connectivity index (χ2v) is 6.54. The third-order valence-corrected chi connectivity index (χ3v) is 5.16. The summed E-state index contributed by atoms with van der Waals surface area (Å²) in [6.45, 7) is 4.61. The molecule has 0 nitrogen and oxygen atoms in total. The van der Waals surface area contributed by atoms with Crippen LogP contribution in [-0.2, 0) is 0 Å².